The summed E-state index contributed by atoms with van der Waals surface area (Å²) >= 11 is 0. The lowest BCUT2D eigenvalue weighted by Crippen LogP contribution is -2.19. The van der Waals surface area contributed by atoms with Gasteiger partial charge >= 0.3 is 6.03 Å². The minimum atomic E-state index is -0.583. The molecule has 1 aromatic heterocycles. The van der Waals surface area contributed by atoms with E-state index < -0.39 is 6.03 Å². The van der Waals surface area contributed by atoms with Crippen LogP contribution in [0.5, 0.6) is 0 Å². The van der Waals surface area contributed by atoms with Gasteiger partial charge in [0, 0.05) is 22.2 Å². The maximum Gasteiger partial charge on any atom is 0.316 e. The lowest BCUT2D eigenvalue weighted by molar-refractivity contribution is 0.259. The molecule has 2 amide bonds. The van der Waals surface area contributed by atoms with Gasteiger partial charge in [0.05, 0.1) is 11.2 Å². The van der Waals surface area contributed by atoms with Gasteiger partial charge in [0.25, 0.3) is 0 Å². The molecule has 0 aliphatic heterocycles. The molecule has 1 aliphatic rings. The zero-order valence-electron chi connectivity index (χ0n) is 18.1. The van der Waals surface area contributed by atoms with E-state index in [0.717, 1.165) is 65.4 Å². The van der Waals surface area contributed by atoms with Crippen molar-refractivity contribution in [3.8, 4) is 22.4 Å². The molecule has 0 bridgehead atoms. The smallest absolute Gasteiger partial charge is 0.316 e. The quantitative estimate of drug-likeness (QED) is 0.331. The van der Waals surface area contributed by atoms with Crippen molar-refractivity contribution in [3.63, 3.8) is 0 Å². The average molecular weight is 428 g/mol. The van der Waals surface area contributed by atoms with E-state index in [9.17, 15) is 4.79 Å². The first kappa shape index (κ1) is 20.3. The van der Waals surface area contributed by atoms with Gasteiger partial charge in [-0.1, -0.05) is 55.8 Å². The number of urea groups is 1. The molecule has 5 heteroatoms. The van der Waals surface area contributed by atoms with Gasteiger partial charge in [-0.25, -0.2) is 9.18 Å². The Bertz CT molecular complexity index is 1320. The highest BCUT2D eigenvalue weighted by Gasteiger charge is 2.23. The third-order valence-electron chi connectivity index (χ3n) is 6.39. The van der Waals surface area contributed by atoms with Crippen LogP contribution in [-0.2, 0) is 19.3 Å². The van der Waals surface area contributed by atoms with Crippen LogP contribution in [0.3, 0.4) is 0 Å². The first-order valence-electron chi connectivity index (χ1n) is 11.2. The molecule has 0 saturated heterocycles. The molecule has 0 atom stereocenters. The molecule has 5 rings (SSSR count). The summed E-state index contributed by atoms with van der Waals surface area (Å²) in [6.07, 6.45) is 5.02. The van der Waals surface area contributed by atoms with Crippen molar-refractivity contribution < 1.29 is 9.18 Å². The summed E-state index contributed by atoms with van der Waals surface area (Å²) in [5.41, 5.74) is 13.5. The number of H-pyrrole nitrogens is 1. The molecule has 0 radical (unpaired) electrons. The van der Waals surface area contributed by atoms with Crippen LogP contribution in [-0.4, -0.2) is 11.0 Å². The fraction of sp³-hybridized carbons (Fsp3) is 0.222. The predicted octanol–water partition coefficient (Wildman–Crippen LogP) is 6.57. The molecular weight excluding hydrogens is 401 g/mol. The Labute approximate surface area is 186 Å². The standard InChI is InChI=1S/C27H26FN3O/c1-2-3-4-16-5-7-17(8-6-16)20-13-14-23-22-11-9-18-15-19(30-27(29)32)10-12-21(18)25(22)31-26(23)24(20)28/h5-8,10,12-15,31H,2-4,9,11H2,1H3,(H3,29,30,32). The zero-order chi connectivity index (χ0) is 22.2. The number of aromatic amines is 1. The SMILES string of the molecule is CCCCc1ccc(-c2ccc3c4c([nH]c3c2F)-c2ccc(NC(N)=O)cc2CC4)cc1. The van der Waals surface area contributed by atoms with E-state index in [1.807, 2.05) is 42.5 Å². The third-order valence-corrected chi connectivity index (χ3v) is 6.39. The Morgan fingerprint density at radius 3 is 2.59 bits per heavy atom. The van der Waals surface area contributed by atoms with Gasteiger partial charge in [-0.05, 0) is 60.1 Å². The van der Waals surface area contributed by atoms with Crippen LogP contribution in [0.2, 0.25) is 0 Å². The zero-order valence-corrected chi connectivity index (χ0v) is 18.1. The van der Waals surface area contributed by atoms with Crippen LogP contribution in [0.4, 0.5) is 14.9 Å². The summed E-state index contributed by atoms with van der Waals surface area (Å²) in [5.74, 6) is -0.216. The number of primary amides is 1. The Morgan fingerprint density at radius 2 is 1.84 bits per heavy atom. The second-order valence-electron chi connectivity index (χ2n) is 8.49. The molecule has 162 valence electrons. The number of fused-ring (bicyclic) bond motifs is 5. The first-order valence-corrected chi connectivity index (χ1v) is 11.2. The molecule has 32 heavy (non-hydrogen) atoms. The highest BCUT2D eigenvalue weighted by atomic mass is 19.1. The van der Waals surface area contributed by atoms with E-state index in [-0.39, 0.29) is 5.82 Å². The van der Waals surface area contributed by atoms with Crippen molar-refractivity contribution in [2.45, 2.75) is 39.0 Å². The number of unbranched alkanes of at least 4 members (excludes halogenated alkanes) is 1. The number of amides is 2. The van der Waals surface area contributed by atoms with Crippen LogP contribution in [0.1, 0.15) is 36.5 Å². The van der Waals surface area contributed by atoms with E-state index in [4.69, 9.17) is 5.73 Å². The predicted molar refractivity (Wildman–Crippen MR) is 128 cm³/mol. The number of hydrogen-bond acceptors (Lipinski definition) is 1. The summed E-state index contributed by atoms with van der Waals surface area (Å²) in [6, 6.07) is 17.3. The molecule has 1 aliphatic carbocycles. The van der Waals surface area contributed by atoms with Crippen LogP contribution >= 0.6 is 0 Å². The second kappa shape index (κ2) is 8.15. The van der Waals surface area contributed by atoms with E-state index in [1.54, 1.807) is 0 Å². The molecule has 4 aromatic rings. The fourth-order valence-electron chi connectivity index (χ4n) is 4.75. The van der Waals surface area contributed by atoms with Crippen LogP contribution in [0, 0.1) is 5.82 Å². The number of nitrogens with two attached hydrogens (primary N) is 1. The number of aromatic nitrogens is 1. The molecule has 4 nitrogen and oxygen atoms in total. The van der Waals surface area contributed by atoms with Gasteiger partial charge in [0.2, 0.25) is 0 Å². The number of nitrogens with one attached hydrogen (secondary N) is 2. The summed E-state index contributed by atoms with van der Waals surface area (Å²) in [4.78, 5) is 14.5. The summed E-state index contributed by atoms with van der Waals surface area (Å²) in [6.45, 7) is 2.18. The van der Waals surface area contributed by atoms with Gasteiger partial charge in [-0.2, -0.15) is 0 Å². The van der Waals surface area contributed by atoms with Crippen molar-refractivity contribution in [1.82, 2.24) is 4.98 Å². The lowest BCUT2D eigenvalue weighted by atomic mass is 9.88. The van der Waals surface area contributed by atoms with Crippen molar-refractivity contribution >= 4 is 22.6 Å². The van der Waals surface area contributed by atoms with Gasteiger partial charge in [-0.15, -0.1) is 0 Å². The van der Waals surface area contributed by atoms with Crippen molar-refractivity contribution in [2.24, 2.45) is 5.73 Å². The highest BCUT2D eigenvalue weighted by Crippen LogP contribution is 2.40. The third kappa shape index (κ3) is 3.54. The molecule has 0 fully saturated rings. The number of anilines is 1. The summed E-state index contributed by atoms with van der Waals surface area (Å²) < 4.78 is 15.6. The molecule has 3 aromatic carbocycles. The van der Waals surface area contributed by atoms with Crippen molar-refractivity contribution in [1.29, 1.82) is 0 Å². The maximum absolute atomic E-state index is 15.6. The number of carbonyl (C=O) groups excluding carboxylic acids is 1. The maximum atomic E-state index is 15.6. The average Bonchev–Trinajstić information content (AvgIpc) is 3.18. The van der Waals surface area contributed by atoms with Crippen molar-refractivity contribution in [2.75, 3.05) is 5.32 Å². The van der Waals surface area contributed by atoms with E-state index in [1.165, 1.54) is 5.56 Å². The lowest BCUT2D eigenvalue weighted by Gasteiger charge is -2.17. The van der Waals surface area contributed by atoms with Crippen LogP contribution in [0.25, 0.3) is 33.3 Å². The van der Waals surface area contributed by atoms with E-state index in [0.29, 0.717) is 16.8 Å². The fourth-order valence-corrected chi connectivity index (χ4v) is 4.75. The first-order chi connectivity index (χ1) is 15.5. The molecule has 0 spiro atoms. The monoisotopic (exact) mass is 427 g/mol. The minimum absolute atomic E-state index is 0.216. The number of benzene rings is 3. The normalized spacial score (nSPS) is 12.4. The Morgan fingerprint density at radius 1 is 1.06 bits per heavy atom. The van der Waals surface area contributed by atoms with Gasteiger partial charge in [-0.3, -0.25) is 0 Å². The summed E-state index contributed by atoms with van der Waals surface area (Å²) in [7, 11) is 0. The highest BCUT2D eigenvalue weighted by molar-refractivity contribution is 5.96. The number of rotatable bonds is 5. The van der Waals surface area contributed by atoms with Crippen LogP contribution < -0.4 is 11.1 Å². The Hall–Kier alpha value is -3.60. The van der Waals surface area contributed by atoms with E-state index in [2.05, 4.69) is 29.4 Å². The number of halogens is 1. The topological polar surface area (TPSA) is 70.9 Å². The minimum Gasteiger partial charge on any atom is -0.352 e. The molecule has 0 saturated carbocycles. The molecular formula is C27H26FN3O. The van der Waals surface area contributed by atoms with E-state index >= 15 is 4.39 Å². The number of hydrogen-bond donors (Lipinski definition) is 3. The Kier molecular flexibility index (Phi) is 5.17. The number of carbonyl (C=O) groups is 1. The number of aryl methyl sites for hydroxylation is 3. The molecule has 1 heterocycles. The largest absolute Gasteiger partial charge is 0.352 e. The summed E-state index contributed by atoms with van der Waals surface area (Å²) in [5, 5.41) is 3.56. The van der Waals surface area contributed by atoms with Crippen molar-refractivity contribution in [3.05, 3.63) is 77.1 Å². The van der Waals surface area contributed by atoms with Gasteiger partial charge in [0.1, 0.15) is 0 Å². The van der Waals surface area contributed by atoms with Crippen LogP contribution in [0.15, 0.2) is 54.6 Å². The molecule has 0 unspecified atom stereocenters. The van der Waals surface area contributed by atoms with Gasteiger partial charge < -0.3 is 16.0 Å². The Balaban J connectivity index is 1.54. The second-order valence-corrected chi connectivity index (χ2v) is 8.49. The molecule has 4 N–H and O–H groups in total. The van der Waals surface area contributed by atoms with Gasteiger partial charge in [0.15, 0.2) is 5.82 Å².